The van der Waals surface area contributed by atoms with E-state index >= 15 is 0 Å². The lowest BCUT2D eigenvalue weighted by Crippen LogP contribution is -2.52. The Kier molecular flexibility index (Phi) is 11.2. The number of carbonyl (C=O) groups is 3. The van der Waals surface area contributed by atoms with Gasteiger partial charge in [-0.1, -0.05) is 43.9 Å². The molecule has 2 fully saturated rings. The van der Waals surface area contributed by atoms with Crippen LogP contribution in [0.5, 0.6) is 17.2 Å². The number of amides is 3. The summed E-state index contributed by atoms with van der Waals surface area (Å²) in [6.07, 6.45) is 11.0. The van der Waals surface area contributed by atoms with Crippen LogP contribution in [0.1, 0.15) is 86.2 Å². The van der Waals surface area contributed by atoms with Crippen LogP contribution in [-0.4, -0.2) is 79.6 Å². The molecule has 0 aliphatic carbocycles. The number of piperidine rings is 2. The van der Waals surface area contributed by atoms with Gasteiger partial charge in [-0.3, -0.25) is 19.7 Å². The molecule has 1 atom stereocenters. The number of anilines is 1. The van der Waals surface area contributed by atoms with Crippen molar-refractivity contribution in [3.05, 3.63) is 90.3 Å². The topological polar surface area (TPSA) is 158 Å². The first-order valence-corrected chi connectivity index (χ1v) is 19.9. The molecule has 8 rings (SSSR count). The summed E-state index contributed by atoms with van der Waals surface area (Å²) < 4.78 is 14.1. The summed E-state index contributed by atoms with van der Waals surface area (Å²) in [7, 11) is 0. The second kappa shape index (κ2) is 16.9. The second-order valence-electron chi connectivity index (χ2n) is 15.0. The number of hydrogen-bond donors (Lipinski definition) is 2. The van der Waals surface area contributed by atoms with E-state index in [1.165, 1.54) is 32.0 Å². The molecule has 0 spiro atoms. The molecule has 5 aromatic rings. The van der Waals surface area contributed by atoms with Crippen LogP contribution in [0.25, 0.3) is 22.3 Å². The van der Waals surface area contributed by atoms with Crippen molar-refractivity contribution in [1.29, 1.82) is 0 Å². The van der Waals surface area contributed by atoms with Gasteiger partial charge in [-0.05, 0) is 98.8 Å². The van der Waals surface area contributed by atoms with Gasteiger partial charge in [-0.15, -0.1) is 0 Å². The largest absolute Gasteiger partial charge is 0.494 e. The van der Waals surface area contributed by atoms with Gasteiger partial charge in [-0.25, -0.2) is 14.6 Å². The fraction of sp³-hybridized carbons (Fsp3) is 0.395. The molecule has 5 heterocycles. The number of hydrogen-bond acceptors (Lipinski definition) is 10. The van der Waals surface area contributed by atoms with E-state index < -0.39 is 11.9 Å². The molecule has 2 saturated heterocycles. The maximum absolute atomic E-state index is 12.9. The van der Waals surface area contributed by atoms with Crippen LogP contribution in [0.4, 0.5) is 5.82 Å². The Morgan fingerprint density at radius 2 is 1.54 bits per heavy atom. The van der Waals surface area contributed by atoms with E-state index in [1.807, 2.05) is 66.7 Å². The van der Waals surface area contributed by atoms with Crippen LogP contribution < -0.4 is 20.5 Å². The third-order valence-corrected chi connectivity index (χ3v) is 11.2. The molecular formula is C43H48N8O5. The summed E-state index contributed by atoms with van der Waals surface area (Å²) >= 11 is 0. The van der Waals surface area contributed by atoms with Gasteiger partial charge in [0.15, 0.2) is 5.65 Å². The highest BCUT2D eigenvalue weighted by atomic mass is 16.5. The quantitative estimate of drug-likeness (QED) is 0.0872. The van der Waals surface area contributed by atoms with Gasteiger partial charge in [0.2, 0.25) is 11.8 Å². The van der Waals surface area contributed by atoms with Crippen molar-refractivity contribution in [2.24, 2.45) is 0 Å². The molecule has 3 aliphatic rings. The summed E-state index contributed by atoms with van der Waals surface area (Å²) in [4.78, 5) is 49.9. The van der Waals surface area contributed by atoms with Crippen molar-refractivity contribution in [2.75, 3.05) is 32.0 Å². The molecule has 0 saturated carbocycles. The van der Waals surface area contributed by atoms with Crippen LogP contribution in [0.2, 0.25) is 0 Å². The first-order valence-electron chi connectivity index (χ1n) is 19.9. The number of nitrogens with one attached hydrogen (secondary N) is 1. The zero-order chi connectivity index (χ0) is 38.4. The number of benzene rings is 3. The number of rotatable bonds is 15. The zero-order valence-corrected chi connectivity index (χ0v) is 31.6. The van der Waals surface area contributed by atoms with E-state index in [0.717, 1.165) is 90.4 Å². The first kappa shape index (κ1) is 37.1. The smallest absolute Gasteiger partial charge is 0.255 e. The van der Waals surface area contributed by atoms with Crippen LogP contribution in [0.3, 0.4) is 0 Å². The van der Waals surface area contributed by atoms with E-state index in [1.54, 1.807) is 11.0 Å². The minimum Gasteiger partial charge on any atom is -0.494 e. The number of nitrogens with zero attached hydrogens (tertiary/aromatic N) is 6. The van der Waals surface area contributed by atoms with Crippen LogP contribution >= 0.6 is 0 Å². The van der Waals surface area contributed by atoms with Gasteiger partial charge in [0.05, 0.1) is 18.0 Å². The molecule has 13 nitrogen and oxygen atoms in total. The van der Waals surface area contributed by atoms with Crippen molar-refractivity contribution in [2.45, 2.75) is 82.8 Å². The minimum atomic E-state index is -0.610. The number of aromatic nitrogens is 4. The standard InChI is InChI=1S/C43H48N8O5/c44-40-38-39(29-12-14-33(15-13-29)56-32-10-6-5-7-11-32)48-51(41(38)46-28-45-40)31-20-23-49(24-21-31)22-8-3-1-2-4-9-25-55-34-16-17-35-30(26-34)27-50(43(35)54)36-18-19-37(52)47-42(36)53/h5-7,10-17,26,28,31,36H,1-4,8-9,18-25,27H2,(H2,44,45,46)(H,47,52,53). The Bertz CT molecular complexity index is 2180. The number of para-hydroxylation sites is 1. The molecule has 0 bridgehead atoms. The average molecular weight is 757 g/mol. The third kappa shape index (κ3) is 8.23. The summed E-state index contributed by atoms with van der Waals surface area (Å²) in [6, 6.07) is 22.8. The highest BCUT2D eigenvalue weighted by Crippen LogP contribution is 2.36. The highest BCUT2D eigenvalue weighted by molar-refractivity contribution is 6.05. The average Bonchev–Trinajstić information content (AvgIpc) is 3.76. The molecule has 3 N–H and O–H groups in total. The fourth-order valence-corrected chi connectivity index (χ4v) is 8.12. The minimum absolute atomic E-state index is 0.168. The molecule has 3 aromatic carbocycles. The first-order chi connectivity index (χ1) is 27.4. The number of fused-ring (bicyclic) bond motifs is 2. The summed E-state index contributed by atoms with van der Waals surface area (Å²) in [5, 5.41) is 8.23. The van der Waals surface area contributed by atoms with Crippen molar-refractivity contribution < 1.29 is 23.9 Å². The van der Waals surface area contributed by atoms with Crippen LogP contribution in [0, 0.1) is 0 Å². The lowest BCUT2D eigenvalue weighted by atomic mass is 10.0. The number of imide groups is 1. The van der Waals surface area contributed by atoms with Gasteiger partial charge in [-0.2, -0.15) is 5.10 Å². The van der Waals surface area contributed by atoms with E-state index in [-0.39, 0.29) is 24.3 Å². The number of nitrogens with two attached hydrogens (primary N) is 1. The number of unbranched alkanes of at least 4 members (excludes halogenated alkanes) is 5. The number of likely N-dealkylation sites (tertiary alicyclic amines) is 1. The number of ether oxygens (including phenoxy) is 2. The molecule has 1 unspecified atom stereocenters. The van der Waals surface area contributed by atoms with Crippen molar-refractivity contribution in [1.82, 2.24) is 34.9 Å². The van der Waals surface area contributed by atoms with Gasteiger partial charge >= 0.3 is 0 Å². The predicted molar refractivity (Wildman–Crippen MR) is 212 cm³/mol. The second-order valence-corrected chi connectivity index (χ2v) is 15.0. The molecule has 13 heteroatoms. The Morgan fingerprint density at radius 1 is 0.804 bits per heavy atom. The SMILES string of the molecule is Nc1ncnc2c1c(-c1ccc(Oc3ccccc3)cc1)nn2C1CCN(CCCCCCCCOc2ccc3c(c2)CN(C2CCC(=O)NC2=O)C3=O)CC1. The van der Waals surface area contributed by atoms with E-state index in [2.05, 4.69) is 24.9 Å². The van der Waals surface area contributed by atoms with Crippen molar-refractivity contribution >= 4 is 34.6 Å². The Morgan fingerprint density at radius 3 is 2.32 bits per heavy atom. The van der Waals surface area contributed by atoms with Gasteiger partial charge in [0, 0.05) is 37.2 Å². The zero-order valence-electron chi connectivity index (χ0n) is 31.6. The molecular weight excluding hydrogens is 709 g/mol. The van der Waals surface area contributed by atoms with E-state index in [9.17, 15) is 14.4 Å². The molecule has 0 radical (unpaired) electrons. The molecule has 290 valence electrons. The number of carbonyl (C=O) groups excluding carboxylic acids is 3. The maximum Gasteiger partial charge on any atom is 0.255 e. The molecule has 3 amide bonds. The van der Waals surface area contributed by atoms with Gasteiger partial charge in [0.1, 0.15) is 41.1 Å². The lowest BCUT2D eigenvalue weighted by Gasteiger charge is -2.32. The normalized spacial score (nSPS) is 17.7. The highest BCUT2D eigenvalue weighted by Gasteiger charge is 2.39. The molecule has 56 heavy (non-hydrogen) atoms. The third-order valence-electron chi connectivity index (χ3n) is 11.2. The Hall–Kier alpha value is -5.82. The van der Waals surface area contributed by atoms with E-state index in [0.29, 0.717) is 31.0 Å². The van der Waals surface area contributed by atoms with Crippen molar-refractivity contribution in [3.63, 3.8) is 0 Å². The Labute approximate surface area is 326 Å². The van der Waals surface area contributed by atoms with E-state index in [4.69, 9.17) is 20.3 Å². The van der Waals surface area contributed by atoms with Crippen molar-refractivity contribution in [3.8, 4) is 28.5 Å². The predicted octanol–water partition coefficient (Wildman–Crippen LogP) is 6.69. The summed E-state index contributed by atoms with van der Waals surface area (Å²) in [5.41, 5.74) is 10.4. The number of nitrogen functional groups attached to an aromatic ring is 1. The maximum atomic E-state index is 12.9. The summed E-state index contributed by atoms with van der Waals surface area (Å²) in [5.74, 6) is 1.86. The summed E-state index contributed by atoms with van der Waals surface area (Å²) in [6.45, 7) is 4.13. The van der Waals surface area contributed by atoms with Crippen LogP contribution in [0.15, 0.2) is 79.1 Å². The monoisotopic (exact) mass is 756 g/mol. The Balaban J connectivity index is 0.739. The van der Waals surface area contributed by atoms with Gasteiger partial charge in [0.25, 0.3) is 5.91 Å². The van der Waals surface area contributed by atoms with Crippen LogP contribution in [-0.2, 0) is 16.1 Å². The fourth-order valence-electron chi connectivity index (χ4n) is 8.12. The van der Waals surface area contributed by atoms with Gasteiger partial charge < -0.3 is 25.0 Å². The molecule has 2 aromatic heterocycles. The molecule has 3 aliphatic heterocycles. The lowest BCUT2D eigenvalue weighted by molar-refractivity contribution is -0.136.